The molecule has 0 bridgehead atoms. The van der Waals surface area contributed by atoms with Gasteiger partial charge in [-0.1, -0.05) is 24.3 Å². The van der Waals surface area contributed by atoms with Gasteiger partial charge in [-0.3, -0.25) is 4.99 Å². The first kappa shape index (κ1) is 10.1. The Labute approximate surface area is 109 Å². The first-order chi connectivity index (χ1) is 8.93. The molecule has 0 spiro atoms. The van der Waals surface area contributed by atoms with Crippen LogP contribution < -0.4 is 4.90 Å². The average molecular weight is 252 g/mol. The molecule has 1 aromatic heterocycles. The zero-order valence-electron chi connectivity index (χ0n) is 9.84. The smallest absolute Gasteiger partial charge is 0.0895 e. The predicted molar refractivity (Wildman–Crippen MR) is 80.0 cm³/mol. The summed E-state index contributed by atoms with van der Waals surface area (Å²) >= 11 is 1.86. The van der Waals surface area contributed by atoms with Gasteiger partial charge in [-0.05, 0) is 18.2 Å². The number of hydrogen-bond acceptors (Lipinski definition) is 3. The van der Waals surface area contributed by atoms with Gasteiger partial charge in [0, 0.05) is 26.7 Å². The van der Waals surface area contributed by atoms with Crippen LogP contribution in [0.2, 0.25) is 0 Å². The van der Waals surface area contributed by atoms with Crippen molar-refractivity contribution >= 4 is 43.5 Å². The highest BCUT2D eigenvalue weighted by Gasteiger charge is 2.14. The van der Waals surface area contributed by atoms with E-state index in [1.807, 2.05) is 17.7 Å². The summed E-state index contributed by atoms with van der Waals surface area (Å²) < 4.78 is 2.71. The fraction of sp³-hybridized carbons (Fsp3) is 0.133. The van der Waals surface area contributed by atoms with E-state index in [9.17, 15) is 0 Å². The van der Waals surface area contributed by atoms with Crippen molar-refractivity contribution in [1.82, 2.24) is 0 Å². The van der Waals surface area contributed by atoms with Gasteiger partial charge < -0.3 is 4.90 Å². The SMILES string of the molecule is C1=NCCN1c1cccc2sc3ccccc3c12. The zero-order valence-corrected chi connectivity index (χ0v) is 10.7. The molecule has 18 heavy (non-hydrogen) atoms. The highest BCUT2D eigenvalue weighted by molar-refractivity contribution is 7.25. The minimum Gasteiger partial charge on any atom is -0.330 e. The van der Waals surface area contributed by atoms with Crippen molar-refractivity contribution in [2.75, 3.05) is 18.0 Å². The lowest BCUT2D eigenvalue weighted by molar-refractivity contribution is 1.03. The van der Waals surface area contributed by atoms with Gasteiger partial charge >= 0.3 is 0 Å². The molecule has 1 aliphatic rings. The molecule has 0 saturated heterocycles. The second-order valence-electron chi connectivity index (χ2n) is 4.46. The summed E-state index contributed by atoms with van der Waals surface area (Å²) in [5.41, 5.74) is 1.28. The van der Waals surface area contributed by atoms with Gasteiger partial charge in [0.25, 0.3) is 0 Å². The second kappa shape index (κ2) is 3.82. The molecule has 88 valence electrons. The Balaban J connectivity index is 2.10. The summed E-state index contributed by atoms with van der Waals surface area (Å²) in [4.78, 5) is 6.57. The Morgan fingerprint density at radius 3 is 2.78 bits per heavy atom. The van der Waals surface area contributed by atoms with Gasteiger partial charge in [0.05, 0.1) is 18.6 Å². The third-order valence-corrected chi connectivity index (χ3v) is 4.52. The number of rotatable bonds is 1. The molecule has 0 fully saturated rings. The summed E-state index contributed by atoms with van der Waals surface area (Å²) in [5.74, 6) is 0. The van der Waals surface area contributed by atoms with Crippen molar-refractivity contribution in [3.8, 4) is 0 Å². The fourth-order valence-electron chi connectivity index (χ4n) is 2.56. The first-order valence-electron chi connectivity index (χ1n) is 6.10. The number of aliphatic imine (C=N–C) groups is 1. The topological polar surface area (TPSA) is 15.6 Å². The van der Waals surface area contributed by atoms with Crippen molar-refractivity contribution < 1.29 is 0 Å². The third-order valence-electron chi connectivity index (χ3n) is 3.38. The molecule has 0 N–H and O–H groups in total. The lowest BCUT2D eigenvalue weighted by Crippen LogP contribution is -2.18. The van der Waals surface area contributed by atoms with Crippen molar-refractivity contribution in [1.29, 1.82) is 0 Å². The van der Waals surface area contributed by atoms with E-state index in [4.69, 9.17) is 0 Å². The van der Waals surface area contributed by atoms with Crippen molar-refractivity contribution in [2.45, 2.75) is 0 Å². The van der Waals surface area contributed by atoms with Crippen LogP contribution in [0.15, 0.2) is 47.5 Å². The number of benzene rings is 2. The Bertz CT molecular complexity index is 757. The van der Waals surface area contributed by atoms with E-state index in [1.165, 1.54) is 25.9 Å². The van der Waals surface area contributed by atoms with Crippen LogP contribution in [-0.2, 0) is 0 Å². The van der Waals surface area contributed by atoms with Gasteiger partial charge in [0.1, 0.15) is 0 Å². The van der Waals surface area contributed by atoms with Crippen LogP contribution in [0.4, 0.5) is 5.69 Å². The van der Waals surface area contributed by atoms with Crippen LogP contribution in [0.1, 0.15) is 0 Å². The van der Waals surface area contributed by atoms with Gasteiger partial charge in [-0.25, -0.2) is 0 Å². The largest absolute Gasteiger partial charge is 0.330 e. The van der Waals surface area contributed by atoms with Crippen LogP contribution in [0.25, 0.3) is 20.2 Å². The molecule has 3 aromatic rings. The molecular formula is C15H12N2S. The maximum Gasteiger partial charge on any atom is 0.0895 e. The standard InChI is InChI=1S/C15H12N2S/c1-2-6-13-11(4-1)15-12(17-9-8-16-10-17)5-3-7-14(15)18-13/h1-7,10H,8-9H2. The van der Waals surface area contributed by atoms with Gasteiger partial charge in [0.15, 0.2) is 0 Å². The van der Waals surface area contributed by atoms with Crippen molar-refractivity contribution in [3.63, 3.8) is 0 Å². The highest BCUT2D eigenvalue weighted by Crippen LogP contribution is 2.39. The molecule has 2 heterocycles. The zero-order chi connectivity index (χ0) is 11.9. The summed E-state index contributed by atoms with van der Waals surface area (Å²) in [6.45, 7) is 1.89. The molecular weight excluding hydrogens is 240 g/mol. The van der Waals surface area contributed by atoms with Gasteiger partial charge in [-0.15, -0.1) is 11.3 Å². The molecule has 2 aromatic carbocycles. The van der Waals surface area contributed by atoms with Crippen LogP contribution in [0.5, 0.6) is 0 Å². The lowest BCUT2D eigenvalue weighted by atomic mass is 10.1. The summed E-state index contributed by atoms with van der Waals surface area (Å²) in [7, 11) is 0. The van der Waals surface area contributed by atoms with Crippen molar-refractivity contribution in [2.24, 2.45) is 4.99 Å². The predicted octanol–water partition coefficient (Wildman–Crippen LogP) is 3.90. The Hall–Kier alpha value is -1.87. The average Bonchev–Trinajstić information content (AvgIpc) is 3.05. The van der Waals surface area contributed by atoms with Crippen LogP contribution >= 0.6 is 11.3 Å². The number of nitrogens with zero attached hydrogens (tertiary/aromatic N) is 2. The molecule has 0 aliphatic carbocycles. The number of hydrogen-bond donors (Lipinski definition) is 0. The van der Waals surface area contributed by atoms with E-state index in [0.717, 1.165) is 13.1 Å². The molecule has 0 radical (unpaired) electrons. The minimum atomic E-state index is 0.901. The Morgan fingerprint density at radius 2 is 1.89 bits per heavy atom. The maximum absolute atomic E-state index is 4.32. The monoisotopic (exact) mass is 252 g/mol. The molecule has 3 heteroatoms. The molecule has 4 rings (SSSR count). The summed E-state index contributed by atoms with van der Waals surface area (Å²) in [6, 6.07) is 15.2. The molecule has 1 aliphatic heterocycles. The number of anilines is 1. The normalized spacial score (nSPS) is 15.0. The van der Waals surface area contributed by atoms with Gasteiger partial charge in [-0.2, -0.15) is 0 Å². The Morgan fingerprint density at radius 1 is 1.00 bits per heavy atom. The minimum absolute atomic E-state index is 0.901. The quantitative estimate of drug-likeness (QED) is 0.641. The highest BCUT2D eigenvalue weighted by atomic mass is 32.1. The molecule has 0 saturated carbocycles. The van der Waals surface area contributed by atoms with E-state index in [0.29, 0.717) is 0 Å². The van der Waals surface area contributed by atoms with E-state index in [1.54, 1.807) is 0 Å². The first-order valence-corrected chi connectivity index (χ1v) is 6.92. The molecule has 0 unspecified atom stereocenters. The Kier molecular flexibility index (Phi) is 2.14. The number of fused-ring (bicyclic) bond motifs is 3. The lowest BCUT2D eigenvalue weighted by Gasteiger charge is -2.15. The number of thiophene rings is 1. The van der Waals surface area contributed by atoms with E-state index in [2.05, 4.69) is 52.4 Å². The van der Waals surface area contributed by atoms with E-state index >= 15 is 0 Å². The molecule has 2 nitrogen and oxygen atoms in total. The van der Waals surface area contributed by atoms with Crippen molar-refractivity contribution in [3.05, 3.63) is 42.5 Å². The van der Waals surface area contributed by atoms with E-state index < -0.39 is 0 Å². The third kappa shape index (κ3) is 1.37. The van der Waals surface area contributed by atoms with Gasteiger partial charge in [0.2, 0.25) is 0 Å². The molecule has 0 atom stereocenters. The fourth-order valence-corrected chi connectivity index (χ4v) is 3.68. The summed E-state index contributed by atoms with van der Waals surface area (Å²) in [6.07, 6.45) is 1.96. The van der Waals surface area contributed by atoms with Crippen LogP contribution in [0.3, 0.4) is 0 Å². The van der Waals surface area contributed by atoms with E-state index in [-0.39, 0.29) is 0 Å². The van der Waals surface area contributed by atoms with Crippen LogP contribution in [-0.4, -0.2) is 19.4 Å². The van der Waals surface area contributed by atoms with Crippen LogP contribution in [0, 0.1) is 0 Å². The molecule has 0 amide bonds. The second-order valence-corrected chi connectivity index (χ2v) is 5.55. The maximum atomic E-state index is 4.32. The summed E-state index contributed by atoms with van der Waals surface area (Å²) in [5, 5.41) is 2.72.